The molecule has 31 heavy (non-hydrogen) atoms. The van der Waals surface area contributed by atoms with Gasteiger partial charge in [0.05, 0.1) is 18.1 Å². The quantitative estimate of drug-likeness (QED) is 0.411. The molecule has 3 rings (SSSR count). The predicted molar refractivity (Wildman–Crippen MR) is 108 cm³/mol. The average Bonchev–Trinajstić information content (AvgIpc) is 3.22. The van der Waals surface area contributed by atoms with E-state index in [1.165, 1.54) is 11.8 Å². The largest absolute Gasteiger partial charge is 0.408 e. The molecule has 172 valence electrons. The van der Waals surface area contributed by atoms with Gasteiger partial charge in [-0.15, -0.1) is 11.6 Å². The molecular formula is C21H26ClF4N3O2. The molecule has 3 unspecified atom stereocenters. The summed E-state index contributed by atoms with van der Waals surface area (Å²) in [6, 6.07) is 5.73. The third-order valence-corrected chi connectivity index (χ3v) is 6.49. The van der Waals surface area contributed by atoms with E-state index in [1.807, 2.05) is 0 Å². The highest BCUT2D eigenvalue weighted by Crippen LogP contribution is 2.36. The van der Waals surface area contributed by atoms with Crippen LogP contribution in [0.3, 0.4) is 0 Å². The van der Waals surface area contributed by atoms with Crippen molar-refractivity contribution in [2.24, 2.45) is 0 Å². The lowest BCUT2D eigenvalue weighted by molar-refractivity contribution is -0.185. The molecular weight excluding hydrogens is 438 g/mol. The van der Waals surface area contributed by atoms with Crippen LogP contribution in [-0.4, -0.2) is 70.7 Å². The van der Waals surface area contributed by atoms with E-state index in [-0.39, 0.29) is 38.9 Å². The van der Waals surface area contributed by atoms with Crippen molar-refractivity contribution in [2.45, 2.75) is 62.0 Å². The third-order valence-electron chi connectivity index (χ3n) is 6.08. The van der Waals surface area contributed by atoms with Gasteiger partial charge in [-0.05, 0) is 38.3 Å². The molecule has 2 fully saturated rings. The maximum atomic E-state index is 15.3. The third kappa shape index (κ3) is 5.49. The van der Waals surface area contributed by atoms with E-state index >= 15 is 4.39 Å². The molecule has 1 N–H and O–H groups in total. The van der Waals surface area contributed by atoms with Crippen molar-refractivity contribution in [3.05, 3.63) is 35.9 Å². The molecule has 0 aromatic heterocycles. The molecule has 0 spiro atoms. The lowest BCUT2D eigenvalue weighted by atomic mass is 9.92. The molecule has 0 bridgehead atoms. The molecule has 2 amide bonds. The smallest absolute Gasteiger partial charge is 0.349 e. The zero-order valence-corrected chi connectivity index (χ0v) is 17.9. The van der Waals surface area contributed by atoms with Gasteiger partial charge in [-0.2, -0.15) is 13.2 Å². The van der Waals surface area contributed by atoms with E-state index < -0.39 is 41.2 Å². The van der Waals surface area contributed by atoms with Crippen LogP contribution >= 0.6 is 11.6 Å². The molecule has 0 saturated carbocycles. The lowest BCUT2D eigenvalue weighted by Crippen LogP contribution is -2.58. The maximum Gasteiger partial charge on any atom is 0.408 e. The summed E-state index contributed by atoms with van der Waals surface area (Å²) in [5, 5.41) is 2.57. The summed E-state index contributed by atoms with van der Waals surface area (Å²) in [6.07, 6.45) is -4.43. The Kier molecular flexibility index (Phi) is 7.15. The fourth-order valence-corrected chi connectivity index (χ4v) is 4.81. The summed E-state index contributed by atoms with van der Waals surface area (Å²) in [4.78, 5) is 27.3. The second-order valence-corrected chi connectivity index (χ2v) is 8.74. The van der Waals surface area contributed by atoms with Crippen LogP contribution in [0, 0.1) is 0 Å². The van der Waals surface area contributed by atoms with Crippen molar-refractivity contribution in [3.63, 3.8) is 0 Å². The summed E-state index contributed by atoms with van der Waals surface area (Å²) in [7, 11) is 0. The van der Waals surface area contributed by atoms with Gasteiger partial charge in [0.15, 0.2) is 0 Å². The molecule has 1 aromatic rings. The molecule has 1 aromatic carbocycles. The van der Waals surface area contributed by atoms with Crippen LogP contribution in [-0.2, 0) is 4.79 Å². The van der Waals surface area contributed by atoms with Gasteiger partial charge in [0.2, 0.25) is 5.91 Å². The van der Waals surface area contributed by atoms with Crippen molar-refractivity contribution < 1.29 is 27.2 Å². The highest BCUT2D eigenvalue weighted by molar-refractivity contribution is 6.20. The van der Waals surface area contributed by atoms with Gasteiger partial charge in [-0.25, -0.2) is 4.39 Å². The second-order valence-electron chi connectivity index (χ2n) is 8.23. The Balaban J connectivity index is 1.57. The van der Waals surface area contributed by atoms with Gasteiger partial charge in [0, 0.05) is 25.1 Å². The van der Waals surface area contributed by atoms with Gasteiger partial charge in [0.1, 0.15) is 11.7 Å². The molecule has 2 aliphatic rings. The first-order valence-corrected chi connectivity index (χ1v) is 10.7. The minimum absolute atomic E-state index is 0.00556. The summed E-state index contributed by atoms with van der Waals surface area (Å²) < 4.78 is 54.9. The Bertz CT molecular complexity index is 795. The number of amides is 2. The van der Waals surface area contributed by atoms with Crippen molar-refractivity contribution in [1.82, 2.24) is 15.1 Å². The Labute approximate surface area is 183 Å². The van der Waals surface area contributed by atoms with E-state index in [0.717, 1.165) is 4.90 Å². The van der Waals surface area contributed by atoms with Gasteiger partial charge in [0.25, 0.3) is 5.91 Å². The second kappa shape index (κ2) is 9.32. The highest BCUT2D eigenvalue weighted by atomic mass is 35.5. The number of hydrogen-bond acceptors (Lipinski definition) is 3. The van der Waals surface area contributed by atoms with E-state index in [0.29, 0.717) is 12.0 Å². The number of piperidine rings is 1. The minimum atomic E-state index is -4.47. The van der Waals surface area contributed by atoms with Crippen molar-refractivity contribution >= 4 is 23.4 Å². The number of halogens is 5. The van der Waals surface area contributed by atoms with Crippen molar-refractivity contribution in [2.75, 3.05) is 19.6 Å². The molecule has 2 saturated heterocycles. The molecule has 2 aliphatic heterocycles. The number of carbonyl (C=O) groups is 2. The van der Waals surface area contributed by atoms with Gasteiger partial charge >= 0.3 is 6.18 Å². The standard InChI is InChI=1S/C21H26ClF4N3O2/c1-14(19(31)29-10-5-8-16(29)21(24,25)26)28-11-9-20(23,12-17(28)22)13-27-18(30)15-6-3-2-4-7-15/h2-4,6-7,14,16-17H,5,8-13H2,1H3,(H,27,30)/t14?,16-,17?,20?/m1/s1. The maximum absolute atomic E-state index is 15.3. The fourth-order valence-electron chi connectivity index (χ4n) is 4.27. The molecule has 10 heteroatoms. The van der Waals surface area contributed by atoms with Crippen LogP contribution in [0.4, 0.5) is 17.6 Å². The predicted octanol–water partition coefficient (Wildman–Crippen LogP) is 3.73. The Morgan fingerprint density at radius 3 is 2.55 bits per heavy atom. The van der Waals surface area contributed by atoms with Gasteiger partial charge in [-0.1, -0.05) is 18.2 Å². The first-order valence-electron chi connectivity index (χ1n) is 10.3. The van der Waals surface area contributed by atoms with E-state index in [2.05, 4.69) is 5.32 Å². The first-order chi connectivity index (χ1) is 14.5. The zero-order chi connectivity index (χ0) is 22.8. The summed E-state index contributed by atoms with van der Waals surface area (Å²) >= 11 is 6.35. The van der Waals surface area contributed by atoms with Crippen LogP contribution in [0.15, 0.2) is 30.3 Å². The Morgan fingerprint density at radius 2 is 1.94 bits per heavy atom. The fraction of sp³-hybridized carbons (Fsp3) is 0.619. The van der Waals surface area contributed by atoms with Crippen LogP contribution < -0.4 is 5.32 Å². The summed E-state index contributed by atoms with van der Waals surface area (Å²) in [5.74, 6) is -1.05. The Morgan fingerprint density at radius 1 is 1.26 bits per heavy atom. The number of hydrogen-bond donors (Lipinski definition) is 1. The van der Waals surface area contributed by atoms with Crippen molar-refractivity contribution in [3.8, 4) is 0 Å². The zero-order valence-electron chi connectivity index (χ0n) is 17.2. The number of carbonyl (C=O) groups excluding carboxylic acids is 2. The SMILES string of the molecule is CC(C(=O)N1CCC[C@@H]1C(F)(F)F)N1CCC(F)(CNC(=O)c2ccccc2)CC1Cl. The molecule has 4 atom stereocenters. The normalized spacial score (nSPS) is 28.4. The van der Waals surface area contributed by atoms with Gasteiger partial charge < -0.3 is 10.2 Å². The number of nitrogens with one attached hydrogen (secondary N) is 1. The van der Waals surface area contributed by atoms with Crippen molar-refractivity contribution in [1.29, 1.82) is 0 Å². The molecule has 0 aliphatic carbocycles. The summed E-state index contributed by atoms with van der Waals surface area (Å²) in [5.41, 5.74) is -2.23. The van der Waals surface area contributed by atoms with Gasteiger partial charge in [-0.3, -0.25) is 14.5 Å². The first kappa shape index (κ1) is 23.8. The molecule has 5 nitrogen and oxygen atoms in total. The van der Waals surface area contributed by atoms with Crippen LogP contribution in [0.5, 0.6) is 0 Å². The molecule has 2 heterocycles. The number of nitrogens with zero attached hydrogens (tertiary/aromatic N) is 2. The molecule has 0 radical (unpaired) electrons. The topological polar surface area (TPSA) is 52.7 Å². The minimum Gasteiger partial charge on any atom is -0.349 e. The van der Waals surface area contributed by atoms with Crippen LogP contribution in [0.1, 0.15) is 43.0 Å². The van der Waals surface area contributed by atoms with Crippen LogP contribution in [0.2, 0.25) is 0 Å². The van der Waals surface area contributed by atoms with E-state index in [1.54, 1.807) is 30.3 Å². The number of benzene rings is 1. The Hall–Kier alpha value is -1.87. The number of likely N-dealkylation sites (tertiary alicyclic amines) is 2. The number of rotatable bonds is 5. The highest BCUT2D eigenvalue weighted by Gasteiger charge is 2.50. The van der Waals surface area contributed by atoms with Crippen LogP contribution in [0.25, 0.3) is 0 Å². The lowest BCUT2D eigenvalue weighted by Gasteiger charge is -2.43. The number of alkyl halides is 5. The summed E-state index contributed by atoms with van der Waals surface area (Å²) in [6.45, 7) is 1.42. The van der Waals surface area contributed by atoms with E-state index in [4.69, 9.17) is 11.6 Å². The average molecular weight is 464 g/mol. The monoisotopic (exact) mass is 463 g/mol. The van der Waals surface area contributed by atoms with E-state index in [9.17, 15) is 22.8 Å².